The van der Waals surface area contributed by atoms with Crippen LogP contribution in [0, 0.1) is 23.7 Å². The molecule has 0 rings (SSSR count). The Morgan fingerprint density at radius 3 is 1.93 bits per heavy atom. The van der Waals surface area contributed by atoms with Crippen molar-refractivity contribution >= 4 is 30.1 Å². The summed E-state index contributed by atoms with van der Waals surface area (Å²) in [4.78, 5) is 37.3. The number of nitrogens with zero attached hydrogens (tertiary/aromatic N) is 1. The van der Waals surface area contributed by atoms with Crippen LogP contribution < -0.4 is 16.6 Å². The topological polar surface area (TPSA) is 125 Å². The lowest BCUT2D eigenvalue weighted by Gasteiger charge is -2.31. The Balaban J connectivity index is 0. The van der Waals surface area contributed by atoms with Crippen LogP contribution in [-0.2, 0) is 14.4 Å². The van der Waals surface area contributed by atoms with Crippen molar-refractivity contribution in [3.8, 4) is 0 Å². The van der Waals surface area contributed by atoms with E-state index in [0.717, 1.165) is 0 Å². The normalized spacial score (nSPS) is 14.1. The number of hydrogen-bond donors (Lipinski definition) is 4. The number of halogens is 1. The summed E-state index contributed by atoms with van der Waals surface area (Å²) in [5.41, 5.74) is 10.0. The summed E-state index contributed by atoms with van der Waals surface area (Å²) in [6.45, 7) is 11.6. The van der Waals surface area contributed by atoms with E-state index in [1.807, 2.05) is 34.6 Å². The lowest BCUT2D eigenvalue weighted by molar-refractivity contribution is -0.148. The molecule has 160 valence electrons. The van der Waals surface area contributed by atoms with Gasteiger partial charge < -0.3 is 5.73 Å². The summed E-state index contributed by atoms with van der Waals surface area (Å²) in [6, 6.07) is -0.746. The first-order chi connectivity index (χ1) is 12.0. The fourth-order valence-electron chi connectivity index (χ4n) is 2.89. The first kappa shape index (κ1) is 27.8. The van der Waals surface area contributed by atoms with E-state index in [1.165, 1.54) is 5.01 Å². The van der Waals surface area contributed by atoms with Crippen LogP contribution in [0.25, 0.3) is 0 Å². The summed E-state index contributed by atoms with van der Waals surface area (Å²) in [6.07, 6.45) is 1.61. The fraction of sp³-hybridized carbons (Fsp3) is 0.833. The minimum absolute atomic E-state index is 0. The van der Waals surface area contributed by atoms with Crippen LogP contribution in [0.15, 0.2) is 0 Å². The highest BCUT2D eigenvalue weighted by molar-refractivity contribution is 5.89. The minimum atomic E-state index is -0.746. The number of hydrazine groups is 1. The Morgan fingerprint density at radius 1 is 1.00 bits per heavy atom. The molecule has 27 heavy (non-hydrogen) atoms. The molecule has 0 aromatic carbocycles. The zero-order chi connectivity index (χ0) is 20.4. The molecule has 5 N–H and O–H groups in total. The molecule has 0 spiro atoms. The van der Waals surface area contributed by atoms with Crippen LogP contribution in [-0.4, -0.2) is 40.5 Å². The highest BCUT2D eigenvalue weighted by atomic mass is 35.5. The maximum absolute atomic E-state index is 12.9. The Labute approximate surface area is 168 Å². The molecule has 0 heterocycles. The van der Waals surface area contributed by atoms with Crippen LogP contribution in [0.5, 0.6) is 0 Å². The number of amides is 3. The van der Waals surface area contributed by atoms with Gasteiger partial charge in [-0.1, -0.05) is 41.0 Å². The molecule has 3 atom stereocenters. The second-order valence-corrected chi connectivity index (χ2v) is 7.71. The zero-order valence-corrected chi connectivity index (χ0v) is 18.1. The van der Waals surface area contributed by atoms with E-state index in [-0.39, 0.29) is 30.2 Å². The quantitative estimate of drug-likeness (QED) is 0.324. The van der Waals surface area contributed by atoms with Crippen molar-refractivity contribution in [1.82, 2.24) is 15.9 Å². The van der Waals surface area contributed by atoms with Crippen molar-refractivity contribution < 1.29 is 19.6 Å². The Hall–Kier alpha value is -1.38. The number of carbonyl (C=O) groups is 3. The molecular weight excluding hydrogens is 372 g/mol. The molecule has 0 radical (unpaired) electrons. The van der Waals surface area contributed by atoms with Gasteiger partial charge in [0.1, 0.15) is 0 Å². The van der Waals surface area contributed by atoms with E-state index in [2.05, 4.69) is 5.43 Å². The van der Waals surface area contributed by atoms with Gasteiger partial charge in [-0.05, 0) is 31.6 Å². The molecule has 0 aliphatic rings. The molecule has 1 unspecified atom stereocenters. The summed E-state index contributed by atoms with van der Waals surface area (Å²) >= 11 is 0. The summed E-state index contributed by atoms with van der Waals surface area (Å²) in [5, 5.41) is 10.3. The molecule has 3 amide bonds. The first-order valence-corrected chi connectivity index (χ1v) is 9.36. The second kappa shape index (κ2) is 13.7. The Kier molecular flexibility index (Phi) is 14.2. The maximum Gasteiger partial charge on any atom is 0.257 e. The van der Waals surface area contributed by atoms with Crippen LogP contribution in [0.3, 0.4) is 0 Å². The van der Waals surface area contributed by atoms with Gasteiger partial charge in [0.2, 0.25) is 11.8 Å². The molecule has 0 fully saturated rings. The van der Waals surface area contributed by atoms with Crippen molar-refractivity contribution in [1.29, 1.82) is 0 Å². The summed E-state index contributed by atoms with van der Waals surface area (Å²) < 4.78 is 0. The molecule has 0 saturated carbocycles. The fourth-order valence-corrected chi connectivity index (χ4v) is 2.89. The van der Waals surface area contributed by atoms with Crippen molar-refractivity contribution in [2.24, 2.45) is 29.4 Å². The predicted octanol–water partition coefficient (Wildman–Crippen LogP) is 1.86. The number of nitrogens with one attached hydrogen (secondary N) is 2. The molecule has 0 aliphatic carbocycles. The largest absolute Gasteiger partial charge is 0.320 e. The third-order valence-electron chi connectivity index (χ3n) is 4.04. The van der Waals surface area contributed by atoms with E-state index in [4.69, 9.17) is 10.9 Å². The molecule has 0 aromatic heterocycles. The highest BCUT2D eigenvalue weighted by Gasteiger charge is 2.35. The third-order valence-corrected chi connectivity index (χ3v) is 4.04. The van der Waals surface area contributed by atoms with Gasteiger partial charge in [0.05, 0.1) is 17.9 Å². The predicted molar refractivity (Wildman–Crippen MR) is 107 cm³/mol. The van der Waals surface area contributed by atoms with Gasteiger partial charge in [-0.3, -0.25) is 30.0 Å². The molecule has 0 bridgehead atoms. The van der Waals surface area contributed by atoms with E-state index >= 15 is 0 Å². The monoisotopic (exact) mass is 408 g/mol. The van der Waals surface area contributed by atoms with Gasteiger partial charge in [-0.15, -0.1) is 12.4 Å². The van der Waals surface area contributed by atoms with Gasteiger partial charge >= 0.3 is 0 Å². The molecule has 9 heteroatoms. The summed E-state index contributed by atoms with van der Waals surface area (Å²) in [5.74, 6) is -2.39. The molecule has 0 aromatic rings. The van der Waals surface area contributed by atoms with Crippen molar-refractivity contribution in [3.63, 3.8) is 0 Å². The van der Waals surface area contributed by atoms with Crippen molar-refractivity contribution in [3.05, 3.63) is 0 Å². The van der Waals surface area contributed by atoms with E-state index in [0.29, 0.717) is 25.8 Å². The van der Waals surface area contributed by atoms with E-state index < -0.39 is 29.7 Å². The van der Waals surface area contributed by atoms with Gasteiger partial charge in [-0.25, -0.2) is 5.48 Å². The van der Waals surface area contributed by atoms with Gasteiger partial charge in [0.15, 0.2) is 0 Å². The number of carbonyl (C=O) groups excluding carboxylic acids is 3. The van der Waals surface area contributed by atoms with Crippen molar-refractivity contribution in [2.45, 2.75) is 66.8 Å². The zero-order valence-electron chi connectivity index (χ0n) is 17.3. The molecule has 8 nitrogen and oxygen atoms in total. The number of nitrogens with two attached hydrogens (primary N) is 1. The summed E-state index contributed by atoms with van der Waals surface area (Å²) in [7, 11) is 0. The minimum Gasteiger partial charge on any atom is -0.320 e. The molecule has 0 aliphatic heterocycles. The van der Waals surface area contributed by atoms with Crippen LogP contribution in [0.1, 0.15) is 60.8 Å². The lowest BCUT2D eigenvalue weighted by Crippen LogP contribution is -2.55. The van der Waals surface area contributed by atoms with Crippen molar-refractivity contribution in [2.75, 3.05) is 6.54 Å². The average Bonchev–Trinajstić information content (AvgIpc) is 2.55. The van der Waals surface area contributed by atoms with Crippen LogP contribution in [0.4, 0.5) is 0 Å². The Morgan fingerprint density at radius 2 is 1.56 bits per heavy atom. The molecule has 0 saturated heterocycles. The highest BCUT2D eigenvalue weighted by Crippen LogP contribution is 2.25. The Bertz CT molecular complexity index is 472. The van der Waals surface area contributed by atoms with Gasteiger partial charge in [-0.2, -0.15) is 0 Å². The third kappa shape index (κ3) is 9.93. The van der Waals surface area contributed by atoms with Crippen LogP contribution in [0.2, 0.25) is 0 Å². The standard InChI is InChI=1S/C18H36N4O4.ClH/c1-7-8-14(17(24)21-26)15(9-11(2)3)16(23)20-22(10-12(4)5)18(25)13(6)19;/h11-15,26H,7-10,19H2,1-6H3,(H,20,23)(H,21,24);1H/t13-,14?,15-;/m1./s1. The SMILES string of the molecule is CCCC(C(=O)NO)[C@@H](CC(C)C)C(=O)NN(CC(C)C)C(=O)[C@@H](C)N.Cl. The number of hydroxylamine groups is 1. The van der Waals surface area contributed by atoms with E-state index in [1.54, 1.807) is 12.4 Å². The van der Waals surface area contributed by atoms with Crippen LogP contribution >= 0.6 is 12.4 Å². The van der Waals surface area contributed by atoms with Gasteiger partial charge in [0.25, 0.3) is 5.91 Å². The second-order valence-electron chi connectivity index (χ2n) is 7.71. The first-order valence-electron chi connectivity index (χ1n) is 9.36. The van der Waals surface area contributed by atoms with Gasteiger partial charge in [0, 0.05) is 6.54 Å². The number of rotatable bonds is 10. The number of hydrogen-bond acceptors (Lipinski definition) is 5. The lowest BCUT2D eigenvalue weighted by atomic mass is 9.81. The maximum atomic E-state index is 12.9. The molecular formula is C18H37ClN4O4. The average molecular weight is 409 g/mol. The van der Waals surface area contributed by atoms with E-state index in [9.17, 15) is 14.4 Å². The smallest absolute Gasteiger partial charge is 0.257 e.